The van der Waals surface area contributed by atoms with Crippen LogP contribution in [0, 0.1) is 22.2 Å². The first-order valence-electron chi connectivity index (χ1n) is 11.5. The number of piperazine rings is 1. The molecular weight excluding hydrogens is 421 g/mol. The highest BCUT2D eigenvalue weighted by molar-refractivity contribution is 7.97. The fraction of sp³-hybridized carbons (Fsp3) is 0.783. The van der Waals surface area contributed by atoms with Gasteiger partial charge in [-0.15, -0.1) is 0 Å². The molecule has 4 fully saturated rings. The molecule has 1 aliphatic heterocycles. The molecule has 2 N–H and O–H groups in total. The topological polar surface area (TPSA) is 45.4 Å². The average molecular weight is 457 g/mol. The monoisotopic (exact) mass is 456 g/mol. The first-order chi connectivity index (χ1) is 14.6. The number of alkyl halides is 3. The summed E-state index contributed by atoms with van der Waals surface area (Å²) in [5.74, 6) is 2.54. The Kier molecular flexibility index (Phi) is 5.83. The van der Waals surface area contributed by atoms with E-state index in [-0.39, 0.29) is 0 Å². The summed E-state index contributed by atoms with van der Waals surface area (Å²) in [6.07, 6.45) is 0.375. The van der Waals surface area contributed by atoms with Gasteiger partial charge >= 0.3 is 6.18 Å². The van der Waals surface area contributed by atoms with Gasteiger partial charge in [-0.05, 0) is 48.1 Å². The van der Waals surface area contributed by atoms with Crippen molar-refractivity contribution in [3.8, 4) is 0 Å². The SMILES string of the molecule is CC.CC1(C)C2CC(N)C3(CSN4CCN(c5ccc(C(F)(F)F)cn5)CC4)CCC213. The maximum atomic E-state index is 12.7. The van der Waals surface area contributed by atoms with Crippen molar-refractivity contribution in [1.82, 2.24) is 9.29 Å². The van der Waals surface area contributed by atoms with Crippen molar-refractivity contribution in [3.05, 3.63) is 23.9 Å². The summed E-state index contributed by atoms with van der Waals surface area (Å²) in [7, 11) is 0. The molecule has 4 aliphatic rings. The highest BCUT2D eigenvalue weighted by Gasteiger charge is 2.86. The van der Waals surface area contributed by atoms with Crippen LogP contribution in [0.25, 0.3) is 0 Å². The number of aromatic nitrogens is 1. The Labute approximate surface area is 188 Å². The summed E-state index contributed by atoms with van der Waals surface area (Å²) < 4.78 is 40.6. The van der Waals surface area contributed by atoms with E-state index < -0.39 is 11.7 Å². The zero-order valence-electron chi connectivity index (χ0n) is 19.0. The largest absolute Gasteiger partial charge is 0.417 e. The predicted molar refractivity (Wildman–Crippen MR) is 121 cm³/mol. The minimum atomic E-state index is -4.34. The lowest BCUT2D eigenvalue weighted by atomic mass is 9.54. The third-order valence-corrected chi connectivity index (χ3v) is 10.1. The minimum absolute atomic E-state index is 0.304. The van der Waals surface area contributed by atoms with Gasteiger partial charge in [-0.25, -0.2) is 9.29 Å². The van der Waals surface area contributed by atoms with Gasteiger partial charge in [0.15, 0.2) is 0 Å². The molecule has 0 bridgehead atoms. The number of hydrogen-bond donors (Lipinski definition) is 1. The molecular formula is C23H35F3N4S. The van der Waals surface area contributed by atoms with Gasteiger partial charge in [0.25, 0.3) is 0 Å². The average Bonchev–Trinajstić information content (AvgIpc) is 3.18. The minimum Gasteiger partial charge on any atom is -0.354 e. The lowest BCUT2D eigenvalue weighted by Gasteiger charge is -2.54. The van der Waals surface area contributed by atoms with Crippen LogP contribution in [0.5, 0.6) is 0 Å². The van der Waals surface area contributed by atoms with Crippen molar-refractivity contribution in [3.63, 3.8) is 0 Å². The first-order valence-corrected chi connectivity index (χ1v) is 12.5. The summed E-state index contributed by atoms with van der Waals surface area (Å²) in [6.45, 7) is 12.2. The van der Waals surface area contributed by atoms with Gasteiger partial charge in [-0.2, -0.15) is 13.2 Å². The Balaban J connectivity index is 0.00000112. The van der Waals surface area contributed by atoms with Crippen LogP contribution >= 0.6 is 11.9 Å². The van der Waals surface area contributed by atoms with E-state index in [4.69, 9.17) is 5.73 Å². The summed E-state index contributed by atoms with van der Waals surface area (Å²) in [5.41, 5.74) is 7.16. The number of pyridine rings is 1. The standard InChI is InChI=1S/C21H29F3N4S.C2H6/c1-18(2)15-11-16(25)19(5-6-20(15,18)19)13-29-28-9-7-27(8-10-28)17-4-3-14(12-26-17)21(22,23)24;1-2/h3-4,12,15-16H,5-11,13,25H2,1-2H3;1-2H3. The van der Waals surface area contributed by atoms with Crippen molar-refractivity contribution in [2.24, 2.45) is 27.9 Å². The summed E-state index contributed by atoms with van der Waals surface area (Å²) in [6, 6.07) is 2.93. The zero-order valence-corrected chi connectivity index (χ0v) is 19.8. The van der Waals surface area contributed by atoms with Gasteiger partial charge < -0.3 is 10.6 Å². The van der Waals surface area contributed by atoms with Crippen LogP contribution in [0.1, 0.15) is 52.5 Å². The fourth-order valence-corrected chi connectivity index (χ4v) is 8.41. The van der Waals surface area contributed by atoms with Gasteiger partial charge in [0.2, 0.25) is 0 Å². The van der Waals surface area contributed by atoms with E-state index in [9.17, 15) is 13.2 Å². The van der Waals surface area contributed by atoms with Crippen LogP contribution in [-0.4, -0.2) is 47.3 Å². The number of nitrogens with zero attached hydrogens (tertiary/aromatic N) is 3. The second-order valence-corrected chi connectivity index (χ2v) is 10.9. The third kappa shape index (κ3) is 3.31. The normalized spacial score (nSPS) is 36.1. The molecule has 0 amide bonds. The highest BCUT2D eigenvalue weighted by atomic mass is 32.2. The molecule has 3 aliphatic carbocycles. The quantitative estimate of drug-likeness (QED) is 0.643. The number of nitrogens with two attached hydrogens (primary N) is 1. The summed E-state index contributed by atoms with van der Waals surface area (Å²) in [4.78, 5) is 6.11. The van der Waals surface area contributed by atoms with Crippen LogP contribution in [0.2, 0.25) is 0 Å². The van der Waals surface area contributed by atoms with E-state index in [2.05, 4.69) is 28.0 Å². The van der Waals surface area contributed by atoms with Crippen molar-refractivity contribution in [2.75, 3.05) is 36.8 Å². The predicted octanol–water partition coefficient (Wildman–Crippen LogP) is 5.05. The Morgan fingerprint density at radius 2 is 1.81 bits per heavy atom. The molecule has 4 atom stereocenters. The zero-order chi connectivity index (χ0) is 22.7. The van der Waals surface area contributed by atoms with E-state index in [0.717, 1.165) is 50.1 Å². The van der Waals surface area contributed by atoms with Crippen LogP contribution in [-0.2, 0) is 6.18 Å². The molecule has 1 aromatic rings. The molecule has 31 heavy (non-hydrogen) atoms. The maximum Gasteiger partial charge on any atom is 0.417 e. The lowest BCUT2D eigenvalue weighted by molar-refractivity contribution is -0.137. The van der Waals surface area contributed by atoms with E-state index >= 15 is 0 Å². The van der Waals surface area contributed by atoms with Crippen LogP contribution in [0.4, 0.5) is 19.0 Å². The van der Waals surface area contributed by atoms with Crippen molar-refractivity contribution < 1.29 is 13.2 Å². The molecule has 3 saturated carbocycles. The van der Waals surface area contributed by atoms with E-state index in [1.807, 2.05) is 25.8 Å². The number of halogens is 3. The highest BCUT2D eigenvalue weighted by Crippen LogP contribution is 2.90. The summed E-state index contributed by atoms with van der Waals surface area (Å²) >= 11 is 1.94. The van der Waals surface area contributed by atoms with Crippen molar-refractivity contribution in [2.45, 2.75) is 59.2 Å². The van der Waals surface area contributed by atoms with E-state index in [1.54, 1.807) is 0 Å². The van der Waals surface area contributed by atoms with Crippen LogP contribution in [0.3, 0.4) is 0 Å². The Morgan fingerprint density at radius 1 is 1.13 bits per heavy atom. The van der Waals surface area contributed by atoms with E-state index in [0.29, 0.717) is 28.1 Å². The molecule has 174 valence electrons. The molecule has 5 rings (SSSR count). The van der Waals surface area contributed by atoms with Gasteiger partial charge in [-0.1, -0.05) is 39.6 Å². The number of hydrogen-bond acceptors (Lipinski definition) is 5. The molecule has 2 heterocycles. The third-order valence-electron chi connectivity index (χ3n) is 8.73. The van der Waals surface area contributed by atoms with Crippen molar-refractivity contribution >= 4 is 17.8 Å². The van der Waals surface area contributed by atoms with Gasteiger partial charge in [-0.3, -0.25) is 0 Å². The second-order valence-electron chi connectivity index (χ2n) is 9.84. The molecule has 4 nitrogen and oxygen atoms in total. The fourth-order valence-electron chi connectivity index (χ4n) is 6.96. The van der Waals surface area contributed by atoms with Gasteiger partial charge in [0.1, 0.15) is 5.82 Å². The van der Waals surface area contributed by atoms with Crippen LogP contribution in [0.15, 0.2) is 18.3 Å². The molecule has 4 unspecified atom stereocenters. The molecule has 8 heteroatoms. The molecule has 1 aromatic heterocycles. The Morgan fingerprint density at radius 3 is 2.32 bits per heavy atom. The second kappa shape index (κ2) is 7.80. The Hall–Kier alpha value is -0.990. The van der Waals surface area contributed by atoms with Gasteiger partial charge in [0.05, 0.1) is 5.56 Å². The van der Waals surface area contributed by atoms with Crippen LogP contribution < -0.4 is 10.6 Å². The molecule has 1 saturated heterocycles. The molecule has 0 radical (unpaired) electrons. The maximum absolute atomic E-state index is 12.7. The van der Waals surface area contributed by atoms with Crippen molar-refractivity contribution in [1.29, 1.82) is 0 Å². The van der Waals surface area contributed by atoms with E-state index in [1.165, 1.54) is 25.3 Å². The molecule has 0 aromatic carbocycles. The van der Waals surface area contributed by atoms with Gasteiger partial charge in [0, 0.05) is 49.6 Å². The lowest BCUT2D eigenvalue weighted by Crippen LogP contribution is -2.56. The number of rotatable bonds is 4. The summed E-state index contributed by atoms with van der Waals surface area (Å²) in [5, 5.41) is 0. The smallest absolute Gasteiger partial charge is 0.354 e. The molecule has 1 spiro atoms. The number of anilines is 1. The Bertz CT molecular complexity index is 791. The first kappa shape index (κ1) is 23.2.